The smallest absolute Gasteiger partial charge is 0.178 e. The molecule has 3 nitrogen and oxygen atoms in total. The lowest BCUT2D eigenvalue weighted by atomic mass is 10.3. The predicted octanol–water partition coefficient (Wildman–Crippen LogP) is 2.17. The van der Waals surface area contributed by atoms with Gasteiger partial charge in [0, 0.05) is 0 Å². The molecule has 1 aromatic carbocycles. The molecule has 77 valence electrons. The molecule has 0 atom stereocenters. The van der Waals surface area contributed by atoms with Crippen LogP contribution in [0.15, 0.2) is 29.2 Å². The third-order valence-electron chi connectivity index (χ3n) is 1.98. The van der Waals surface area contributed by atoms with Crippen molar-refractivity contribution in [3.05, 3.63) is 24.3 Å². The lowest BCUT2D eigenvalue weighted by molar-refractivity contribution is 0.592. The van der Waals surface area contributed by atoms with Crippen LogP contribution < -0.4 is 5.73 Å². The van der Waals surface area contributed by atoms with Crippen LogP contribution in [-0.4, -0.2) is 14.2 Å². The molecule has 4 heteroatoms. The quantitative estimate of drug-likeness (QED) is 0.768. The Morgan fingerprint density at radius 2 is 1.79 bits per heavy atom. The van der Waals surface area contributed by atoms with E-state index in [1.807, 2.05) is 6.92 Å². The summed E-state index contributed by atoms with van der Waals surface area (Å²) >= 11 is 0. The van der Waals surface area contributed by atoms with Crippen molar-refractivity contribution >= 4 is 15.5 Å². The Hall–Kier alpha value is -1.03. The van der Waals surface area contributed by atoms with Crippen LogP contribution in [-0.2, 0) is 9.84 Å². The summed E-state index contributed by atoms with van der Waals surface area (Å²) in [6.07, 6.45) is 1.56. The molecular weight excluding hydrogens is 198 g/mol. The minimum Gasteiger partial charge on any atom is -0.301 e. The van der Waals surface area contributed by atoms with E-state index in [2.05, 4.69) is 0 Å². The highest BCUT2D eigenvalue weighted by atomic mass is 32.2. The zero-order chi connectivity index (χ0) is 10.6. The standard InChI is InChI=1S/C10H14NO2S/c1-2-3-8-14(12,13)10-6-4-9(11)5-7-10/h4-7,11H,2-3,8H2,1H3. The third-order valence-corrected chi connectivity index (χ3v) is 3.80. The van der Waals surface area contributed by atoms with Gasteiger partial charge in [-0.3, -0.25) is 0 Å². The maximum atomic E-state index is 11.6. The molecule has 0 amide bonds. The van der Waals surface area contributed by atoms with E-state index in [1.54, 1.807) is 0 Å². The van der Waals surface area contributed by atoms with Gasteiger partial charge in [0.15, 0.2) is 9.84 Å². The Balaban J connectivity index is 2.87. The molecule has 0 aliphatic rings. The van der Waals surface area contributed by atoms with Gasteiger partial charge < -0.3 is 5.73 Å². The van der Waals surface area contributed by atoms with E-state index >= 15 is 0 Å². The first kappa shape index (κ1) is 11.0. The fourth-order valence-corrected chi connectivity index (χ4v) is 2.57. The van der Waals surface area contributed by atoms with E-state index in [4.69, 9.17) is 5.73 Å². The summed E-state index contributed by atoms with van der Waals surface area (Å²) in [5.74, 6) is 0.195. The topological polar surface area (TPSA) is 57.9 Å². The third kappa shape index (κ3) is 2.73. The molecule has 0 aliphatic heterocycles. The zero-order valence-electron chi connectivity index (χ0n) is 8.16. The average Bonchev–Trinajstić information content (AvgIpc) is 2.16. The van der Waals surface area contributed by atoms with Crippen LogP contribution in [0.3, 0.4) is 0 Å². The summed E-state index contributed by atoms with van der Waals surface area (Å²) in [5, 5.41) is 0. The second-order valence-corrected chi connectivity index (χ2v) is 5.31. The van der Waals surface area contributed by atoms with Crippen molar-refractivity contribution in [1.82, 2.24) is 5.73 Å². The number of sulfone groups is 1. The number of nitrogens with one attached hydrogen (secondary N) is 1. The van der Waals surface area contributed by atoms with Gasteiger partial charge in [-0.2, -0.15) is 0 Å². The number of benzene rings is 1. The van der Waals surface area contributed by atoms with Crippen LogP contribution in [0.4, 0.5) is 5.69 Å². The van der Waals surface area contributed by atoms with Crippen molar-refractivity contribution in [3.8, 4) is 0 Å². The van der Waals surface area contributed by atoms with Gasteiger partial charge in [-0.15, -0.1) is 0 Å². The number of hydrogen-bond donors (Lipinski definition) is 0. The van der Waals surface area contributed by atoms with Crippen molar-refractivity contribution < 1.29 is 8.42 Å². The molecule has 0 saturated heterocycles. The molecule has 1 rings (SSSR count). The molecule has 14 heavy (non-hydrogen) atoms. The van der Waals surface area contributed by atoms with E-state index in [0.717, 1.165) is 6.42 Å². The fraction of sp³-hybridized carbons (Fsp3) is 0.400. The van der Waals surface area contributed by atoms with Crippen molar-refractivity contribution in [2.24, 2.45) is 0 Å². The highest BCUT2D eigenvalue weighted by molar-refractivity contribution is 7.91. The van der Waals surface area contributed by atoms with Crippen LogP contribution >= 0.6 is 0 Å². The minimum absolute atomic E-state index is 0.195. The summed E-state index contributed by atoms with van der Waals surface area (Å²) in [6, 6.07) is 5.98. The van der Waals surface area contributed by atoms with Crippen LogP contribution in [0.5, 0.6) is 0 Å². The number of unbranched alkanes of at least 4 members (excludes halogenated alkanes) is 1. The Labute approximate surface area is 84.9 Å². The monoisotopic (exact) mass is 212 g/mol. The molecule has 0 aromatic heterocycles. The molecule has 0 spiro atoms. The Bertz CT molecular complexity index is 381. The van der Waals surface area contributed by atoms with Gasteiger partial charge >= 0.3 is 0 Å². The molecular formula is C10H14NO2S. The summed E-state index contributed by atoms with van der Waals surface area (Å²) < 4.78 is 23.3. The van der Waals surface area contributed by atoms with Gasteiger partial charge in [-0.05, 0) is 30.7 Å². The van der Waals surface area contributed by atoms with Crippen molar-refractivity contribution in [2.45, 2.75) is 24.7 Å². The first-order valence-corrected chi connectivity index (χ1v) is 6.26. The molecule has 0 bridgehead atoms. The summed E-state index contributed by atoms with van der Waals surface area (Å²) in [4.78, 5) is 0.321. The van der Waals surface area contributed by atoms with Crippen molar-refractivity contribution in [2.75, 3.05) is 5.75 Å². The molecule has 1 N–H and O–H groups in total. The predicted molar refractivity (Wildman–Crippen MR) is 56.2 cm³/mol. The normalized spacial score (nSPS) is 11.5. The van der Waals surface area contributed by atoms with E-state index in [1.165, 1.54) is 24.3 Å². The largest absolute Gasteiger partial charge is 0.301 e. The van der Waals surface area contributed by atoms with Gasteiger partial charge in [-0.1, -0.05) is 13.3 Å². The van der Waals surface area contributed by atoms with E-state index in [0.29, 0.717) is 17.0 Å². The summed E-state index contributed by atoms with van der Waals surface area (Å²) in [6.45, 7) is 1.96. The maximum Gasteiger partial charge on any atom is 0.178 e. The highest BCUT2D eigenvalue weighted by Gasteiger charge is 2.12. The second-order valence-electron chi connectivity index (χ2n) is 3.20. The SMILES string of the molecule is CCCCS(=O)(=O)c1ccc([NH])cc1. The Morgan fingerprint density at radius 1 is 1.21 bits per heavy atom. The van der Waals surface area contributed by atoms with Gasteiger partial charge in [0.05, 0.1) is 16.3 Å². The average molecular weight is 212 g/mol. The van der Waals surface area contributed by atoms with E-state index in [-0.39, 0.29) is 5.75 Å². The lowest BCUT2D eigenvalue weighted by Gasteiger charge is -2.02. The Kier molecular flexibility index (Phi) is 3.52. The van der Waals surface area contributed by atoms with Gasteiger partial charge in [-0.25, -0.2) is 8.42 Å². The molecule has 0 heterocycles. The van der Waals surface area contributed by atoms with Crippen molar-refractivity contribution in [1.29, 1.82) is 0 Å². The van der Waals surface area contributed by atoms with Gasteiger partial charge in [0.1, 0.15) is 0 Å². The van der Waals surface area contributed by atoms with Crippen LogP contribution in [0.1, 0.15) is 19.8 Å². The first-order valence-electron chi connectivity index (χ1n) is 4.60. The molecule has 0 fully saturated rings. The summed E-state index contributed by atoms with van der Waals surface area (Å²) in [7, 11) is -3.12. The minimum atomic E-state index is -3.12. The van der Waals surface area contributed by atoms with Gasteiger partial charge in [0.2, 0.25) is 0 Å². The zero-order valence-corrected chi connectivity index (χ0v) is 8.97. The van der Waals surface area contributed by atoms with Crippen LogP contribution in [0, 0.1) is 0 Å². The highest BCUT2D eigenvalue weighted by Crippen LogP contribution is 2.15. The first-order chi connectivity index (χ1) is 6.56. The molecule has 0 aliphatic carbocycles. The lowest BCUT2D eigenvalue weighted by Crippen LogP contribution is -2.06. The Morgan fingerprint density at radius 3 is 2.29 bits per heavy atom. The molecule has 0 unspecified atom stereocenters. The second kappa shape index (κ2) is 4.46. The molecule has 1 aromatic rings. The number of rotatable bonds is 4. The van der Waals surface area contributed by atoms with Crippen LogP contribution in [0.2, 0.25) is 0 Å². The molecule has 1 radical (unpaired) electrons. The van der Waals surface area contributed by atoms with E-state index in [9.17, 15) is 8.42 Å². The van der Waals surface area contributed by atoms with Crippen LogP contribution in [0.25, 0.3) is 0 Å². The van der Waals surface area contributed by atoms with E-state index < -0.39 is 9.84 Å². The van der Waals surface area contributed by atoms with Crippen molar-refractivity contribution in [3.63, 3.8) is 0 Å². The fourth-order valence-electron chi connectivity index (χ4n) is 1.11. The summed E-state index contributed by atoms with van der Waals surface area (Å²) in [5.41, 5.74) is 7.57. The molecule has 0 saturated carbocycles. The number of hydrogen-bond acceptors (Lipinski definition) is 2. The maximum absolute atomic E-state index is 11.6. The van der Waals surface area contributed by atoms with Gasteiger partial charge in [0.25, 0.3) is 0 Å².